The summed E-state index contributed by atoms with van der Waals surface area (Å²) in [6, 6.07) is 0. The number of rotatable bonds is 63. The summed E-state index contributed by atoms with van der Waals surface area (Å²) in [5.74, 6) is -0.508. The van der Waals surface area contributed by atoms with Gasteiger partial charge in [0, 0.05) is 32.8 Å². The second-order valence-electron chi connectivity index (χ2n) is 15.7. The van der Waals surface area contributed by atoms with E-state index in [9.17, 15) is 34.8 Å². The molecular weight excluding hydrogens is 1100 g/mol. The van der Waals surface area contributed by atoms with E-state index in [-0.39, 0.29) is 111 Å². The van der Waals surface area contributed by atoms with Crippen LogP contribution in [-0.2, 0) is 124 Å². The molecule has 0 bridgehead atoms. The average molecular weight is 1190 g/mol. The first kappa shape index (κ1) is 75.2. The third kappa shape index (κ3) is 61.6. The Balaban J connectivity index is 4.07. The Kier molecular flexibility index (Phi) is 52.2. The maximum atomic E-state index is 13.4. The van der Waals surface area contributed by atoms with Crippen LogP contribution in [0, 0.1) is 0 Å². The van der Waals surface area contributed by atoms with Crippen LogP contribution in [0.1, 0.15) is 51.9 Å². The number of carbonyl (C=O) groups is 2. The molecule has 33 heteroatoms. The zero-order valence-corrected chi connectivity index (χ0v) is 46.9. The fourth-order valence-electron chi connectivity index (χ4n) is 5.51. The second kappa shape index (κ2) is 53.5. The second-order valence-corrected chi connectivity index (χ2v) is 19.0. The third-order valence-electron chi connectivity index (χ3n) is 9.20. The van der Waals surface area contributed by atoms with E-state index < -0.39 is 49.3 Å². The van der Waals surface area contributed by atoms with Crippen molar-refractivity contribution in [3.05, 3.63) is 0 Å². The van der Waals surface area contributed by atoms with Gasteiger partial charge in [-0.15, -0.1) is 0 Å². The Bertz CT molecular complexity index is 1690. The smallest absolute Gasteiger partial charge is 0.379 e. The van der Waals surface area contributed by atoms with E-state index in [2.05, 4.69) is 17.9 Å². The summed E-state index contributed by atoms with van der Waals surface area (Å²) >= 11 is 0. The Morgan fingerprint density at radius 2 is 0.623 bits per heavy atom. The molecule has 0 aromatic rings. The van der Waals surface area contributed by atoms with Gasteiger partial charge in [-0.1, -0.05) is 0 Å². The quantitative estimate of drug-likeness (QED) is 0.0455. The number of hydrogen-bond acceptors (Lipinski definition) is 26. The standard InChI is InChI=1S/C44H87NO29S3/c1-41(46)8-16-57-18-20-59-22-24-61-26-28-63-30-32-65-34-36-67-38-39-68-37-35-66-33-31-64-29-27-62-25-23-60-21-19-58-17-9-45-44(47)43(71-12-4-7-15-74-77(54,55)56)42(70-11-3-6-14-73-76(51,52)53)40-69-10-2-5-13-72-75(48,49)50/h42-43H,2-40H2,1H3,(H,45,47)(H,48,49,50)(H,51,52,53)(H,54,55,56)/t42-,43-/m1/s1. The van der Waals surface area contributed by atoms with Crippen LogP contribution in [0.5, 0.6) is 0 Å². The van der Waals surface area contributed by atoms with Crippen LogP contribution in [0.25, 0.3) is 0 Å². The van der Waals surface area contributed by atoms with Gasteiger partial charge in [-0.2, -0.15) is 25.3 Å². The summed E-state index contributed by atoms with van der Waals surface area (Å²) in [4.78, 5) is 24.2. The van der Waals surface area contributed by atoms with Crippen molar-refractivity contribution >= 4 is 42.9 Å². The largest absolute Gasteiger partial charge is 0.397 e. The molecule has 0 aromatic carbocycles. The molecule has 0 spiro atoms. The van der Waals surface area contributed by atoms with Gasteiger partial charge in [-0.25, -0.2) is 12.5 Å². The molecule has 460 valence electrons. The molecule has 30 nitrogen and oxygen atoms in total. The van der Waals surface area contributed by atoms with Crippen LogP contribution in [0.2, 0.25) is 0 Å². The van der Waals surface area contributed by atoms with E-state index in [4.69, 9.17) is 84.7 Å². The molecule has 0 radical (unpaired) electrons. The minimum Gasteiger partial charge on any atom is -0.379 e. The van der Waals surface area contributed by atoms with Crippen molar-refractivity contribution in [3.63, 3.8) is 0 Å². The van der Waals surface area contributed by atoms with Crippen molar-refractivity contribution in [1.82, 2.24) is 5.32 Å². The fourth-order valence-corrected chi connectivity index (χ4v) is 6.50. The van der Waals surface area contributed by atoms with Crippen LogP contribution in [0.4, 0.5) is 0 Å². The number of ether oxygens (including phenoxy) is 15. The maximum absolute atomic E-state index is 13.4. The van der Waals surface area contributed by atoms with Crippen molar-refractivity contribution in [2.24, 2.45) is 0 Å². The van der Waals surface area contributed by atoms with E-state index in [0.29, 0.717) is 152 Å². The minimum absolute atomic E-state index is 0.0194. The third-order valence-corrected chi connectivity index (χ3v) is 10.6. The molecule has 1 amide bonds. The maximum Gasteiger partial charge on any atom is 0.397 e. The summed E-state index contributed by atoms with van der Waals surface area (Å²) in [5, 5.41) is 2.70. The monoisotopic (exact) mass is 1190 g/mol. The van der Waals surface area contributed by atoms with Gasteiger partial charge >= 0.3 is 31.2 Å². The van der Waals surface area contributed by atoms with Crippen LogP contribution in [0.3, 0.4) is 0 Å². The Morgan fingerprint density at radius 1 is 0.351 bits per heavy atom. The molecule has 0 aliphatic heterocycles. The molecule has 0 aromatic heterocycles. The van der Waals surface area contributed by atoms with Crippen molar-refractivity contribution in [2.45, 2.75) is 64.1 Å². The predicted molar refractivity (Wildman–Crippen MR) is 269 cm³/mol. The SMILES string of the molecule is CC(=O)CCOCCOCCOCCOCCOCCOCCOCCOCCOCCOCCOCCOCCNC(=O)[C@H](OCCCCOS(=O)(=O)O)[C@@H](COCCCCOS(=O)(=O)O)OCCCCOS(=O)(=O)O. The first-order valence-electron chi connectivity index (χ1n) is 25.4. The molecule has 77 heavy (non-hydrogen) atoms. The summed E-state index contributed by atoms with van der Waals surface area (Å²) in [6.45, 7) is 9.87. The highest BCUT2D eigenvalue weighted by atomic mass is 32.3. The van der Waals surface area contributed by atoms with Crippen molar-refractivity contribution in [3.8, 4) is 0 Å². The molecule has 0 fully saturated rings. The van der Waals surface area contributed by atoms with Crippen molar-refractivity contribution in [1.29, 1.82) is 0 Å². The zero-order chi connectivity index (χ0) is 56.8. The van der Waals surface area contributed by atoms with E-state index in [1.54, 1.807) is 0 Å². The van der Waals surface area contributed by atoms with E-state index >= 15 is 0 Å². The highest BCUT2D eigenvalue weighted by molar-refractivity contribution is 7.81. The first-order chi connectivity index (χ1) is 37.0. The highest BCUT2D eigenvalue weighted by Crippen LogP contribution is 2.11. The Hall–Kier alpha value is -1.85. The van der Waals surface area contributed by atoms with E-state index in [1.807, 2.05) is 0 Å². The fraction of sp³-hybridized carbons (Fsp3) is 0.955. The van der Waals surface area contributed by atoms with Gasteiger partial charge in [0.05, 0.1) is 185 Å². The molecule has 4 N–H and O–H groups in total. The highest BCUT2D eigenvalue weighted by Gasteiger charge is 2.30. The van der Waals surface area contributed by atoms with Crippen LogP contribution in [-0.4, -0.2) is 274 Å². The molecule has 2 atom stereocenters. The summed E-state index contributed by atoms with van der Waals surface area (Å²) < 4.78 is 187. The normalized spacial score (nSPS) is 13.1. The van der Waals surface area contributed by atoms with Gasteiger partial charge in [0.1, 0.15) is 11.9 Å². The summed E-state index contributed by atoms with van der Waals surface area (Å²) in [7, 11) is -13.9. The molecule has 0 heterocycles. The average Bonchev–Trinajstić information content (AvgIpc) is 3.36. The molecule has 0 unspecified atom stereocenters. The number of amides is 1. The first-order valence-corrected chi connectivity index (χ1v) is 29.5. The number of nitrogens with one attached hydrogen (secondary N) is 1. The minimum atomic E-state index is -4.64. The van der Waals surface area contributed by atoms with Crippen LogP contribution < -0.4 is 5.32 Å². The van der Waals surface area contributed by atoms with Crippen LogP contribution in [0.15, 0.2) is 0 Å². The number of carbonyl (C=O) groups excluding carboxylic acids is 2. The lowest BCUT2D eigenvalue weighted by Gasteiger charge is -2.27. The van der Waals surface area contributed by atoms with Crippen molar-refractivity contribution in [2.75, 3.05) is 211 Å². The van der Waals surface area contributed by atoms with Gasteiger partial charge in [0.15, 0.2) is 6.10 Å². The summed E-state index contributed by atoms with van der Waals surface area (Å²) in [5.41, 5.74) is 0. The van der Waals surface area contributed by atoms with Crippen LogP contribution >= 0.6 is 0 Å². The topological polar surface area (TPSA) is 375 Å². The number of Topliss-reactive ketones (excluding diaryl/α,β-unsaturated/α-hetero) is 1. The number of unbranched alkanes of at least 4 members (excludes halogenated alkanes) is 3. The molecular formula is C44H87NO29S3. The zero-order valence-electron chi connectivity index (χ0n) is 44.4. The Morgan fingerprint density at radius 3 is 0.935 bits per heavy atom. The van der Waals surface area contributed by atoms with Gasteiger partial charge in [0.2, 0.25) is 0 Å². The lowest BCUT2D eigenvalue weighted by molar-refractivity contribution is -0.151. The lowest BCUT2D eigenvalue weighted by atomic mass is 10.2. The molecule has 0 aliphatic rings. The number of ketones is 1. The molecule has 0 aliphatic carbocycles. The van der Waals surface area contributed by atoms with E-state index in [0.717, 1.165) is 0 Å². The molecule has 0 saturated heterocycles. The number of hydrogen-bond donors (Lipinski definition) is 4. The van der Waals surface area contributed by atoms with Gasteiger partial charge < -0.3 is 76.4 Å². The lowest BCUT2D eigenvalue weighted by Crippen LogP contribution is -2.48. The summed E-state index contributed by atoms with van der Waals surface area (Å²) in [6.07, 6.45) is -0.648. The van der Waals surface area contributed by atoms with Gasteiger partial charge in [-0.3, -0.25) is 23.2 Å². The molecule has 0 saturated carbocycles. The predicted octanol–water partition coefficient (Wildman–Crippen LogP) is -0.133. The van der Waals surface area contributed by atoms with Gasteiger partial charge in [0.25, 0.3) is 5.91 Å². The Labute approximate surface area is 454 Å². The van der Waals surface area contributed by atoms with Gasteiger partial charge in [-0.05, 0) is 45.4 Å². The van der Waals surface area contributed by atoms with E-state index in [1.165, 1.54) is 6.92 Å². The van der Waals surface area contributed by atoms with Crippen molar-refractivity contribution < 1.29 is 132 Å². The molecule has 0 rings (SSSR count).